The molecule has 1 aromatic carbocycles. The molecule has 0 bridgehead atoms. The van der Waals surface area contributed by atoms with Gasteiger partial charge in [0.2, 0.25) is 0 Å². The molecule has 2 aromatic rings. The summed E-state index contributed by atoms with van der Waals surface area (Å²) >= 11 is 0. The Morgan fingerprint density at radius 1 is 1.54 bits per heavy atom. The molecule has 0 radical (unpaired) electrons. The molecule has 0 unspecified atom stereocenters. The summed E-state index contributed by atoms with van der Waals surface area (Å²) < 4.78 is 14.3. The monoisotopic (exact) mass is 179 g/mol. The number of benzene rings is 1. The van der Waals surface area contributed by atoms with Gasteiger partial charge >= 0.3 is 0 Å². The number of hydrogen-bond donors (Lipinski definition) is 0. The van der Waals surface area contributed by atoms with Crippen LogP contribution in [0.1, 0.15) is 10.4 Å². The van der Waals surface area contributed by atoms with E-state index in [1.165, 1.54) is 10.7 Å². The average Bonchev–Trinajstić information content (AvgIpc) is 2.47. The van der Waals surface area contributed by atoms with E-state index in [9.17, 15) is 9.18 Å². The Hall–Kier alpha value is -1.78. The minimum absolute atomic E-state index is 0.225. The zero-order valence-corrected chi connectivity index (χ0v) is 6.86. The predicted octanol–water partition coefficient (Wildman–Crippen LogP) is 0.920. The normalized spacial score (nSPS) is 10.6. The molecule has 0 aliphatic carbocycles. The fraction of sp³-hybridized carbons (Fsp3) is 0.125. The molecule has 2 rings (SSSR count). The maximum atomic E-state index is 12.9. The van der Waals surface area contributed by atoms with Crippen LogP contribution in [0.2, 0.25) is 0 Å². The van der Waals surface area contributed by atoms with Crippen molar-refractivity contribution in [2.75, 3.05) is 0 Å². The fourth-order valence-corrected chi connectivity index (χ4v) is 1.21. The van der Waals surface area contributed by atoms with Gasteiger partial charge in [-0.15, -0.1) is 5.10 Å². The number of aldehydes is 1. The maximum absolute atomic E-state index is 12.9. The van der Waals surface area contributed by atoms with Gasteiger partial charge in [-0.05, 0) is 6.07 Å². The van der Waals surface area contributed by atoms with E-state index in [1.54, 1.807) is 7.05 Å². The first kappa shape index (κ1) is 7.85. The lowest BCUT2D eigenvalue weighted by Crippen LogP contribution is -1.91. The minimum atomic E-state index is -0.458. The molecule has 0 aliphatic heterocycles. The summed E-state index contributed by atoms with van der Waals surface area (Å²) in [5, 5.41) is 7.43. The first-order chi connectivity index (χ1) is 6.22. The van der Waals surface area contributed by atoms with Gasteiger partial charge in [0, 0.05) is 18.7 Å². The topological polar surface area (TPSA) is 47.8 Å². The predicted molar refractivity (Wildman–Crippen MR) is 43.9 cm³/mol. The molecule has 5 heteroatoms. The van der Waals surface area contributed by atoms with Crippen LogP contribution in [0.3, 0.4) is 0 Å². The summed E-state index contributed by atoms with van der Waals surface area (Å²) in [6.45, 7) is 0. The van der Waals surface area contributed by atoms with Gasteiger partial charge in [0.15, 0.2) is 6.29 Å². The van der Waals surface area contributed by atoms with Crippen molar-refractivity contribution in [1.29, 1.82) is 0 Å². The lowest BCUT2D eigenvalue weighted by Gasteiger charge is -1.94. The van der Waals surface area contributed by atoms with E-state index in [1.807, 2.05) is 0 Å². The number of fused-ring (bicyclic) bond motifs is 1. The van der Waals surface area contributed by atoms with Crippen LogP contribution < -0.4 is 0 Å². The van der Waals surface area contributed by atoms with E-state index >= 15 is 0 Å². The van der Waals surface area contributed by atoms with E-state index in [0.717, 1.165) is 6.07 Å². The first-order valence-electron chi connectivity index (χ1n) is 3.66. The van der Waals surface area contributed by atoms with Crippen molar-refractivity contribution in [2.24, 2.45) is 7.05 Å². The molecule has 1 heterocycles. The van der Waals surface area contributed by atoms with Crippen molar-refractivity contribution in [3.8, 4) is 0 Å². The Bertz CT molecular complexity index is 477. The van der Waals surface area contributed by atoms with E-state index < -0.39 is 5.82 Å². The molecule has 66 valence electrons. The Morgan fingerprint density at radius 2 is 2.31 bits per heavy atom. The minimum Gasteiger partial charge on any atom is -0.298 e. The summed E-state index contributed by atoms with van der Waals surface area (Å²) in [4.78, 5) is 10.5. The quantitative estimate of drug-likeness (QED) is 0.611. The van der Waals surface area contributed by atoms with E-state index in [-0.39, 0.29) is 5.56 Å². The zero-order chi connectivity index (χ0) is 9.42. The standard InChI is InChI=1S/C8H6FN3O/c1-12-7-3-6(9)2-5(4-13)8(7)10-11-12/h2-4H,1H3. The molecule has 4 nitrogen and oxygen atoms in total. The second-order valence-electron chi connectivity index (χ2n) is 2.69. The SMILES string of the molecule is Cn1nnc2c(C=O)cc(F)cc21. The highest BCUT2D eigenvalue weighted by molar-refractivity contribution is 5.93. The van der Waals surface area contributed by atoms with E-state index in [0.29, 0.717) is 17.3 Å². The first-order valence-corrected chi connectivity index (χ1v) is 3.66. The fourth-order valence-electron chi connectivity index (χ4n) is 1.21. The van der Waals surface area contributed by atoms with Crippen LogP contribution in [0.5, 0.6) is 0 Å². The van der Waals surface area contributed by atoms with Gasteiger partial charge in [-0.25, -0.2) is 9.07 Å². The highest BCUT2D eigenvalue weighted by Crippen LogP contribution is 2.15. The molecular weight excluding hydrogens is 173 g/mol. The number of aromatic nitrogens is 3. The number of nitrogens with zero attached hydrogens (tertiary/aromatic N) is 3. The maximum Gasteiger partial charge on any atom is 0.152 e. The highest BCUT2D eigenvalue weighted by atomic mass is 19.1. The third kappa shape index (κ3) is 1.09. The Kier molecular flexibility index (Phi) is 1.58. The molecule has 0 atom stereocenters. The lowest BCUT2D eigenvalue weighted by molar-refractivity contribution is 0.112. The Balaban J connectivity index is 2.91. The molecule has 0 aliphatic rings. The van der Waals surface area contributed by atoms with Crippen LogP contribution in [0.4, 0.5) is 4.39 Å². The smallest absolute Gasteiger partial charge is 0.152 e. The summed E-state index contributed by atoms with van der Waals surface area (Å²) in [5.41, 5.74) is 1.17. The molecular formula is C8H6FN3O. The molecule has 1 aromatic heterocycles. The van der Waals surface area contributed by atoms with Gasteiger partial charge in [-0.2, -0.15) is 0 Å². The lowest BCUT2D eigenvalue weighted by atomic mass is 10.2. The van der Waals surface area contributed by atoms with Crippen LogP contribution in [0.25, 0.3) is 11.0 Å². The van der Waals surface area contributed by atoms with Crippen LogP contribution in [-0.2, 0) is 7.05 Å². The number of hydrogen-bond acceptors (Lipinski definition) is 3. The van der Waals surface area contributed by atoms with Crippen molar-refractivity contribution in [1.82, 2.24) is 15.0 Å². The summed E-state index contributed by atoms with van der Waals surface area (Å²) in [7, 11) is 1.64. The Morgan fingerprint density at radius 3 is 3.00 bits per heavy atom. The van der Waals surface area contributed by atoms with Gasteiger partial charge in [-0.1, -0.05) is 5.21 Å². The van der Waals surface area contributed by atoms with Gasteiger partial charge < -0.3 is 0 Å². The molecule has 0 N–H and O–H groups in total. The number of halogens is 1. The van der Waals surface area contributed by atoms with Crippen molar-refractivity contribution >= 4 is 17.3 Å². The summed E-state index contributed by atoms with van der Waals surface area (Å²) in [5.74, 6) is -0.458. The van der Waals surface area contributed by atoms with Crippen LogP contribution in [0.15, 0.2) is 12.1 Å². The molecule has 0 saturated carbocycles. The number of aryl methyl sites for hydroxylation is 1. The summed E-state index contributed by atoms with van der Waals surface area (Å²) in [6, 6.07) is 2.44. The van der Waals surface area contributed by atoms with Gasteiger partial charge in [0.1, 0.15) is 11.3 Å². The third-order valence-corrected chi connectivity index (χ3v) is 1.84. The number of rotatable bonds is 1. The zero-order valence-electron chi connectivity index (χ0n) is 6.86. The van der Waals surface area contributed by atoms with Crippen LogP contribution >= 0.6 is 0 Å². The average molecular weight is 179 g/mol. The van der Waals surface area contributed by atoms with Crippen molar-refractivity contribution in [3.63, 3.8) is 0 Å². The van der Waals surface area contributed by atoms with Gasteiger partial charge in [0.05, 0.1) is 5.52 Å². The van der Waals surface area contributed by atoms with E-state index in [2.05, 4.69) is 10.3 Å². The number of carbonyl (C=O) groups is 1. The molecule has 0 fully saturated rings. The second kappa shape index (κ2) is 2.62. The van der Waals surface area contributed by atoms with Crippen molar-refractivity contribution < 1.29 is 9.18 Å². The van der Waals surface area contributed by atoms with Crippen LogP contribution in [0, 0.1) is 5.82 Å². The second-order valence-corrected chi connectivity index (χ2v) is 2.69. The van der Waals surface area contributed by atoms with Gasteiger partial charge in [0.25, 0.3) is 0 Å². The Labute approximate surface area is 73.0 Å². The van der Waals surface area contributed by atoms with Crippen molar-refractivity contribution in [2.45, 2.75) is 0 Å². The summed E-state index contributed by atoms with van der Waals surface area (Å²) in [6.07, 6.45) is 0.570. The van der Waals surface area contributed by atoms with Crippen molar-refractivity contribution in [3.05, 3.63) is 23.5 Å². The van der Waals surface area contributed by atoms with E-state index in [4.69, 9.17) is 0 Å². The molecule has 13 heavy (non-hydrogen) atoms. The van der Waals surface area contributed by atoms with Gasteiger partial charge in [-0.3, -0.25) is 4.79 Å². The number of carbonyl (C=O) groups excluding carboxylic acids is 1. The molecule has 0 saturated heterocycles. The highest BCUT2D eigenvalue weighted by Gasteiger charge is 2.08. The third-order valence-electron chi connectivity index (χ3n) is 1.84. The van der Waals surface area contributed by atoms with Crippen LogP contribution in [-0.4, -0.2) is 21.3 Å². The largest absolute Gasteiger partial charge is 0.298 e. The molecule has 0 spiro atoms. The molecule has 0 amide bonds.